The van der Waals surface area contributed by atoms with Crippen molar-refractivity contribution in [3.05, 3.63) is 24.3 Å². The minimum absolute atomic E-state index is 0.0368. The van der Waals surface area contributed by atoms with Crippen LogP contribution in [0.3, 0.4) is 0 Å². The van der Waals surface area contributed by atoms with Gasteiger partial charge in [-0.25, -0.2) is 0 Å². The molecule has 1 amide bonds. The van der Waals surface area contributed by atoms with E-state index in [2.05, 4.69) is 0 Å². The number of amides is 1. The Morgan fingerprint density at radius 1 is 1.14 bits per heavy atom. The SMILES string of the molecule is O=C([C@@H]1COc2ccccc2O1)N1CCO[C@H]2CCCC[C@H]21. The molecule has 3 atom stereocenters. The number of morpholine rings is 1. The minimum atomic E-state index is -0.546. The number of hydrogen-bond acceptors (Lipinski definition) is 4. The number of para-hydroxylation sites is 2. The molecular weight excluding hydrogens is 282 g/mol. The summed E-state index contributed by atoms with van der Waals surface area (Å²) in [6.45, 7) is 1.56. The van der Waals surface area contributed by atoms with Gasteiger partial charge in [0.05, 0.1) is 18.8 Å². The molecule has 2 heterocycles. The maximum Gasteiger partial charge on any atom is 0.267 e. The molecule has 0 spiro atoms. The first-order valence-corrected chi connectivity index (χ1v) is 8.13. The Bertz CT molecular complexity index is 559. The molecule has 1 aromatic rings. The molecule has 0 aromatic heterocycles. The highest BCUT2D eigenvalue weighted by Gasteiger charge is 2.40. The van der Waals surface area contributed by atoms with E-state index in [1.165, 1.54) is 12.8 Å². The summed E-state index contributed by atoms with van der Waals surface area (Å²) < 4.78 is 17.4. The van der Waals surface area contributed by atoms with Crippen molar-refractivity contribution in [3.63, 3.8) is 0 Å². The highest BCUT2D eigenvalue weighted by molar-refractivity contribution is 5.82. The van der Waals surface area contributed by atoms with Gasteiger partial charge in [-0.2, -0.15) is 0 Å². The van der Waals surface area contributed by atoms with Gasteiger partial charge >= 0.3 is 0 Å². The van der Waals surface area contributed by atoms with Crippen molar-refractivity contribution in [3.8, 4) is 11.5 Å². The molecule has 2 aliphatic heterocycles. The zero-order chi connectivity index (χ0) is 14.9. The van der Waals surface area contributed by atoms with E-state index in [9.17, 15) is 4.79 Å². The van der Waals surface area contributed by atoms with Crippen LogP contribution in [0.1, 0.15) is 25.7 Å². The zero-order valence-electron chi connectivity index (χ0n) is 12.6. The average Bonchev–Trinajstić information content (AvgIpc) is 2.60. The predicted octanol–water partition coefficient (Wildman–Crippen LogP) is 2.00. The van der Waals surface area contributed by atoms with Crippen molar-refractivity contribution in [2.45, 2.75) is 43.9 Å². The maximum atomic E-state index is 12.9. The Labute approximate surface area is 130 Å². The smallest absolute Gasteiger partial charge is 0.267 e. The second kappa shape index (κ2) is 5.80. The lowest BCUT2D eigenvalue weighted by atomic mass is 9.90. The van der Waals surface area contributed by atoms with Crippen LogP contribution in [0.5, 0.6) is 11.5 Å². The normalized spacial score (nSPS) is 30.5. The molecule has 1 saturated heterocycles. The molecule has 5 nitrogen and oxygen atoms in total. The summed E-state index contributed by atoms with van der Waals surface area (Å²) in [5.41, 5.74) is 0. The molecule has 118 valence electrons. The number of fused-ring (bicyclic) bond motifs is 2. The zero-order valence-corrected chi connectivity index (χ0v) is 12.6. The van der Waals surface area contributed by atoms with Gasteiger partial charge in [0.1, 0.15) is 6.61 Å². The Morgan fingerprint density at radius 3 is 2.86 bits per heavy atom. The summed E-state index contributed by atoms with van der Waals surface area (Å²) in [5.74, 6) is 1.40. The van der Waals surface area contributed by atoms with E-state index in [4.69, 9.17) is 14.2 Å². The molecule has 1 aromatic carbocycles. The summed E-state index contributed by atoms with van der Waals surface area (Å²) in [6, 6.07) is 7.70. The van der Waals surface area contributed by atoms with Crippen molar-refractivity contribution < 1.29 is 19.0 Å². The number of carbonyl (C=O) groups excluding carboxylic acids is 1. The maximum absolute atomic E-state index is 12.9. The third-order valence-electron chi connectivity index (χ3n) is 4.80. The molecule has 0 N–H and O–H groups in total. The van der Waals surface area contributed by atoms with Gasteiger partial charge in [-0.05, 0) is 25.0 Å². The third-order valence-corrected chi connectivity index (χ3v) is 4.80. The number of nitrogens with zero attached hydrogens (tertiary/aromatic N) is 1. The first-order chi connectivity index (χ1) is 10.8. The minimum Gasteiger partial charge on any atom is -0.485 e. The fraction of sp³-hybridized carbons (Fsp3) is 0.588. The van der Waals surface area contributed by atoms with E-state index in [-0.39, 0.29) is 24.7 Å². The van der Waals surface area contributed by atoms with Crippen LogP contribution in [0, 0.1) is 0 Å². The Balaban J connectivity index is 1.49. The molecule has 4 rings (SSSR count). The van der Waals surface area contributed by atoms with E-state index in [0.29, 0.717) is 24.7 Å². The van der Waals surface area contributed by atoms with Gasteiger partial charge in [0.15, 0.2) is 11.5 Å². The number of hydrogen-bond donors (Lipinski definition) is 0. The molecule has 5 heteroatoms. The van der Waals surface area contributed by atoms with E-state index >= 15 is 0 Å². The van der Waals surface area contributed by atoms with Crippen LogP contribution in [-0.4, -0.2) is 48.8 Å². The van der Waals surface area contributed by atoms with Gasteiger partial charge < -0.3 is 19.1 Å². The van der Waals surface area contributed by atoms with E-state index in [1.807, 2.05) is 29.2 Å². The molecule has 0 bridgehead atoms. The number of rotatable bonds is 1. The standard InChI is InChI=1S/C17H21NO4/c19-17(16-11-21-14-7-3-4-8-15(14)22-16)18-9-10-20-13-6-2-1-5-12(13)18/h3-4,7-8,12-13,16H,1-2,5-6,9-11H2/t12-,13+,16+/m1/s1. The molecule has 22 heavy (non-hydrogen) atoms. The lowest BCUT2D eigenvalue weighted by molar-refractivity contribution is -0.158. The van der Waals surface area contributed by atoms with Gasteiger partial charge in [-0.15, -0.1) is 0 Å². The predicted molar refractivity (Wildman–Crippen MR) is 80.1 cm³/mol. The molecular formula is C17H21NO4. The molecule has 0 radical (unpaired) electrons. The Morgan fingerprint density at radius 2 is 1.95 bits per heavy atom. The quantitative estimate of drug-likeness (QED) is 0.796. The second-order valence-electron chi connectivity index (χ2n) is 6.16. The van der Waals surface area contributed by atoms with E-state index in [0.717, 1.165) is 12.8 Å². The van der Waals surface area contributed by atoms with Crippen LogP contribution in [0.4, 0.5) is 0 Å². The average molecular weight is 303 g/mol. The second-order valence-corrected chi connectivity index (χ2v) is 6.16. The van der Waals surface area contributed by atoms with Crippen molar-refractivity contribution in [1.29, 1.82) is 0 Å². The van der Waals surface area contributed by atoms with E-state index in [1.54, 1.807) is 0 Å². The molecule has 1 aliphatic carbocycles. The lowest BCUT2D eigenvalue weighted by Crippen LogP contribution is -2.58. The van der Waals surface area contributed by atoms with Crippen LogP contribution in [0.25, 0.3) is 0 Å². The van der Waals surface area contributed by atoms with Gasteiger partial charge in [-0.1, -0.05) is 25.0 Å². The summed E-state index contributed by atoms with van der Waals surface area (Å²) in [5, 5.41) is 0. The lowest BCUT2D eigenvalue weighted by Gasteiger charge is -2.45. The molecule has 0 unspecified atom stereocenters. The van der Waals surface area contributed by atoms with Crippen LogP contribution in [0.2, 0.25) is 0 Å². The third kappa shape index (κ3) is 2.43. The summed E-state index contributed by atoms with van der Waals surface area (Å²) in [6.07, 6.45) is 4.09. The largest absolute Gasteiger partial charge is 0.485 e. The fourth-order valence-corrected chi connectivity index (χ4v) is 3.70. The topological polar surface area (TPSA) is 48.0 Å². The highest BCUT2D eigenvalue weighted by atomic mass is 16.6. The Kier molecular flexibility index (Phi) is 3.66. The van der Waals surface area contributed by atoms with Crippen molar-refractivity contribution in [2.75, 3.05) is 19.8 Å². The molecule has 3 aliphatic rings. The van der Waals surface area contributed by atoms with Crippen molar-refractivity contribution >= 4 is 5.91 Å². The molecule has 1 saturated carbocycles. The monoisotopic (exact) mass is 303 g/mol. The number of benzene rings is 1. The summed E-state index contributed by atoms with van der Waals surface area (Å²) in [7, 11) is 0. The highest BCUT2D eigenvalue weighted by Crippen LogP contribution is 2.33. The number of carbonyl (C=O) groups is 1. The van der Waals surface area contributed by atoms with Crippen LogP contribution >= 0.6 is 0 Å². The van der Waals surface area contributed by atoms with Crippen molar-refractivity contribution in [1.82, 2.24) is 4.90 Å². The molecule has 2 fully saturated rings. The first-order valence-electron chi connectivity index (χ1n) is 8.13. The summed E-state index contributed by atoms with van der Waals surface area (Å²) >= 11 is 0. The fourth-order valence-electron chi connectivity index (χ4n) is 3.70. The van der Waals surface area contributed by atoms with Crippen LogP contribution in [0.15, 0.2) is 24.3 Å². The van der Waals surface area contributed by atoms with Crippen LogP contribution < -0.4 is 9.47 Å². The van der Waals surface area contributed by atoms with Gasteiger partial charge in [-0.3, -0.25) is 4.79 Å². The van der Waals surface area contributed by atoms with Gasteiger partial charge in [0, 0.05) is 6.54 Å². The summed E-state index contributed by atoms with van der Waals surface area (Å²) in [4.78, 5) is 14.9. The van der Waals surface area contributed by atoms with Gasteiger partial charge in [0.2, 0.25) is 6.10 Å². The van der Waals surface area contributed by atoms with Crippen LogP contribution in [-0.2, 0) is 9.53 Å². The first kappa shape index (κ1) is 13.9. The van der Waals surface area contributed by atoms with Gasteiger partial charge in [0.25, 0.3) is 5.91 Å². The van der Waals surface area contributed by atoms with Crippen molar-refractivity contribution in [2.24, 2.45) is 0 Å². The van der Waals surface area contributed by atoms with E-state index < -0.39 is 6.10 Å². The number of ether oxygens (including phenoxy) is 3. The Hall–Kier alpha value is -1.75.